The molecule has 3 heteroatoms. The first-order valence-corrected chi connectivity index (χ1v) is 8.53. The highest BCUT2D eigenvalue weighted by Crippen LogP contribution is 2.21. The van der Waals surface area contributed by atoms with E-state index in [-0.39, 0.29) is 0 Å². The van der Waals surface area contributed by atoms with Gasteiger partial charge in [-0.2, -0.15) is 0 Å². The van der Waals surface area contributed by atoms with Gasteiger partial charge in [-0.15, -0.1) is 23.1 Å². The molecule has 1 atom stereocenters. The third-order valence-electron chi connectivity index (χ3n) is 3.17. The van der Waals surface area contributed by atoms with E-state index in [1.165, 1.54) is 28.2 Å². The summed E-state index contributed by atoms with van der Waals surface area (Å²) in [6.07, 6.45) is 2.38. The zero-order valence-electron chi connectivity index (χ0n) is 11.6. The molecule has 1 N–H and O–H groups in total. The highest BCUT2D eigenvalue weighted by Gasteiger charge is 2.07. The van der Waals surface area contributed by atoms with Gasteiger partial charge < -0.3 is 5.32 Å². The lowest BCUT2D eigenvalue weighted by atomic mass is 10.1. The molecule has 102 valence electrons. The van der Waals surface area contributed by atoms with E-state index in [1.807, 2.05) is 23.1 Å². The Morgan fingerprint density at radius 2 is 2.16 bits per heavy atom. The van der Waals surface area contributed by atoms with Crippen LogP contribution >= 0.6 is 23.1 Å². The smallest absolute Gasteiger partial charge is 0.0162 e. The summed E-state index contributed by atoms with van der Waals surface area (Å²) in [7, 11) is 2.07. The van der Waals surface area contributed by atoms with Crippen LogP contribution in [0.5, 0.6) is 0 Å². The summed E-state index contributed by atoms with van der Waals surface area (Å²) in [4.78, 5) is 2.86. The lowest BCUT2D eigenvalue weighted by Gasteiger charge is -2.15. The van der Waals surface area contributed by atoms with Crippen LogP contribution in [0.4, 0.5) is 0 Å². The first-order chi connectivity index (χ1) is 9.28. The van der Waals surface area contributed by atoms with E-state index in [9.17, 15) is 0 Å². The largest absolute Gasteiger partial charge is 0.316 e. The second-order valence-corrected chi connectivity index (χ2v) is 6.86. The van der Waals surface area contributed by atoms with Crippen molar-refractivity contribution in [2.24, 2.45) is 0 Å². The average molecular weight is 291 g/mol. The summed E-state index contributed by atoms with van der Waals surface area (Å²) in [6, 6.07) is 13.7. The van der Waals surface area contributed by atoms with Gasteiger partial charge in [0.2, 0.25) is 0 Å². The topological polar surface area (TPSA) is 12.0 Å². The molecule has 1 unspecified atom stereocenters. The van der Waals surface area contributed by atoms with Gasteiger partial charge in [0.1, 0.15) is 0 Å². The third kappa shape index (κ3) is 5.01. The van der Waals surface area contributed by atoms with Crippen LogP contribution in [0.25, 0.3) is 0 Å². The Kier molecular flexibility index (Phi) is 5.95. The van der Waals surface area contributed by atoms with Crippen LogP contribution in [0, 0.1) is 6.92 Å². The van der Waals surface area contributed by atoms with Crippen molar-refractivity contribution in [3.63, 3.8) is 0 Å². The van der Waals surface area contributed by atoms with Crippen LogP contribution in [0.15, 0.2) is 46.7 Å². The lowest BCUT2D eigenvalue weighted by molar-refractivity contribution is 0.575. The van der Waals surface area contributed by atoms with Crippen LogP contribution in [0.2, 0.25) is 0 Å². The van der Waals surface area contributed by atoms with Crippen molar-refractivity contribution in [1.82, 2.24) is 5.32 Å². The number of aryl methyl sites for hydroxylation is 2. The minimum Gasteiger partial charge on any atom is -0.316 e. The summed E-state index contributed by atoms with van der Waals surface area (Å²) in [5.41, 5.74) is 1.34. The summed E-state index contributed by atoms with van der Waals surface area (Å²) in [5.74, 6) is 1.13. The molecular weight excluding hydrogens is 270 g/mol. The van der Waals surface area contributed by atoms with Gasteiger partial charge in [-0.05, 0) is 50.4 Å². The van der Waals surface area contributed by atoms with Crippen LogP contribution < -0.4 is 5.32 Å². The molecule has 0 aliphatic heterocycles. The van der Waals surface area contributed by atoms with Crippen molar-refractivity contribution >= 4 is 23.1 Å². The number of thioether (sulfide) groups is 1. The zero-order valence-corrected chi connectivity index (χ0v) is 13.2. The Balaban J connectivity index is 1.79. The highest BCUT2D eigenvalue weighted by atomic mass is 32.2. The van der Waals surface area contributed by atoms with E-state index in [2.05, 4.69) is 61.1 Å². The standard InChI is InChI=1S/C16H21NS2/c1-13-5-3-6-16(11-13)19-12-14(17-2)8-9-15-7-4-10-18-15/h3-7,10-11,14,17H,8-9,12H2,1-2H3. The number of benzene rings is 1. The van der Waals surface area contributed by atoms with Crippen molar-refractivity contribution < 1.29 is 0 Å². The summed E-state index contributed by atoms with van der Waals surface area (Å²) in [6.45, 7) is 2.15. The minimum atomic E-state index is 0.576. The molecule has 0 saturated heterocycles. The maximum Gasteiger partial charge on any atom is 0.0162 e. The van der Waals surface area contributed by atoms with Crippen LogP contribution in [-0.4, -0.2) is 18.8 Å². The average Bonchev–Trinajstić information content (AvgIpc) is 2.92. The van der Waals surface area contributed by atoms with Crippen LogP contribution in [0.1, 0.15) is 16.9 Å². The Hall–Kier alpha value is -0.770. The number of thiophene rings is 1. The molecule has 0 saturated carbocycles. The molecule has 19 heavy (non-hydrogen) atoms. The van der Waals surface area contributed by atoms with Gasteiger partial charge in [0.25, 0.3) is 0 Å². The first-order valence-electron chi connectivity index (χ1n) is 6.67. The molecule has 0 bridgehead atoms. The van der Waals surface area contributed by atoms with Crippen molar-refractivity contribution in [1.29, 1.82) is 0 Å². The van der Waals surface area contributed by atoms with Gasteiger partial charge >= 0.3 is 0 Å². The van der Waals surface area contributed by atoms with Crippen LogP contribution in [-0.2, 0) is 6.42 Å². The Labute approximate surface area is 124 Å². The first kappa shape index (κ1) is 14.6. The molecule has 2 aromatic rings. The molecule has 1 aromatic heterocycles. The fourth-order valence-electron chi connectivity index (χ4n) is 1.98. The van der Waals surface area contributed by atoms with Crippen molar-refractivity contribution in [2.45, 2.75) is 30.7 Å². The molecule has 1 aromatic carbocycles. The molecule has 2 rings (SSSR count). The zero-order chi connectivity index (χ0) is 13.5. The van der Waals surface area contributed by atoms with Gasteiger partial charge in [-0.3, -0.25) is 0 Å². The number of hydrogen-bond acceptors (Lipinski definition) is 3. The van der Waals surface area contributed by atoms with E-state index in [0.29, 0.717) is 6.04 Å². The molecule has 0 aliphatic carbocycles. The predicted octanol–water partition coefficient (Wildman–Crippen LogP) is 4.37. The molecule has 0 amide bonds. The molecule has 0 spiro atoms. The molecule has 0 aliphatic rings. The van der Waals surface area contributed by atoms with E-state index in [4.69, 9.17) is 0 Å². The van der Waals surface area contributed by atoms with Gasteiger partial charge in [0.15, 0.2) is 0 Å². The fourth-order valence-corrected chi connectivity index (χ4v) is 3.88. The maximum atomic E-state index is 3.43. The van der Waals surface area contributed by atoms with E-state index < -0.39 is 0 Å². The highest BCUT2D eigenvalue weighted by molar-refractivity contribution is 7.99. The SMILES string of the molecule is CNC(CCc1cccs1)CSc1cccc(C)c1. The Bertz CT molecular complexity index is 479. The number of rotatable bonds is 7. The summed E-state index contributed by atoms with van der Waals surface area (Å²) >= 11 is 3.80. The van der Waals surface area contributed by atoms with Gasteiger partial charge in [0.05, 0.1) is 0 Å². The van der Waals surface area contributed by atoms with Gasteiger partial charge in [-0.25, -0.2) is 0 Å². The van der Waals surface area contributed by atoms with Crippen molar-refractivity contribution in [3.05, 3.63) is 52.2 Å². The second-order valence-electron chi connectivity index (χ2n) is 4.73. The molecule has 1 heterocycles. The molecule has 1 nitrogen and oxygen atoms in total. The Morgan fingerprint density at radius 3 is 2.84 bits per heavy atom. The van der Waals surface area contributed by atoms with Gasteiger partial charge in [-0.1, -0.05) is 23.8 Å². The van der Waals surface area contributed by atoms with E-state index >= 15 is 0 Å². The van der Waals surface area contributed by atoms with E-state index in [1.54, 1.807) is 0 Å². The number of hydrogen-bond donors (Lipinski definition) is 1. The molecule has 0 fully saturated rings. The summed E-state index contributed by atoms with van der Waals surface area (Å²) < 4.78 is 0. The molecular formula is C16H21NS2. The number of nitrogens with one attached hydrogen (secondary N) is 1. The second kappa shape index (κ2) is 7.73. The maximum absolute atomic E-state index is 3.43. The third-order valence-corrected chi connectivity index (χ3v) is 5.26. The Morgan fingerprint density at radius 1 is 1.26 bits per heavy atom. The predicted molar refractivity (Wildman–Crippen MR) is 87.4 cm³/mol. The summed E-state index contributed by atoms with van der Waals surface area (Å²) in [5, 5.41) is 5.59. The van der Waals surface area contributed by atoms with Crippen molar-refractivity contribution in [3.8, 4) is 0 Å². The van der Waals surface area contributed by atoms with Crippen LogP contribution in [0.3, 0.4) is 0 Å². The normalized spacial score (nSPS) is 12.5. The fraction of sp³-hybridized carbons (Fsp3) is 0.375. The quantitative estimate of drug-likeness (QED) is 0.760. The van der Waals surface area contributed by atoms with E-state index in [0.717, 1.165) is 5.75 Å². The van der Waals surface area contributed by atoms with Gasteiger partial charge in [0, 0.05) is 21.6 Å². The lowest BCUT2D eigenvalue weighted by Crippen LogP contribution is -2.28. The monoisotopic (exact) mass is 291 g/mol. The van der Waals surface area contributed by atoms with Crippen molar-refractivity contribution in [2.75, 3.05) is 12.8 Å². The minimum absolute atomic E-state index is 0.576. The molecule has 0 radical (unpaired) electrons.